The van der Waals surface area contributed by atoms with E-state index in [1.165, 1.54) is 0 Å². The molecule has 0 saturated heterocycles. The van der Waals surface area contributed by atoms with Crippen LogP contribution in [0.1, 0.15) is 20.8 Å². The van der Waals surface area contributed by atoms with Crippen molar-refractivity contribution in [1.82, 2.24) is 5.32 Å². The average molecular weight is 160 g/mol. The first kappa shape index (κ1) is 10.2. The fourth-order valence-electron chi connectivity index (χ4n) is 0.508. The Hall–Kier alpha value is -0.770. The van der Waals surface area contributed by atoms with Crippen molar-refractivity contribution in [1.29, 1.82) is 0 Å². The first-order chi connectivity index (χ1) is 5.06. The minimum Gasteiger partial charge on any atom is -0.447 e. The Bertz CT molecular complexity index is 126. The number of carbonyl (C=O) groups excluding carboxylic acids is 1. The zero-order valence-corrected chi connectivity index (χ0v) is 7.26. The standard InChI is InChI=1S/C7H16N2O2/c1-5(2)11-7(10)9-6(3)4-8/h5-6H,4,8H2,1-3H3,(H,9,10)/t6-/m1/s1. The molecule has 0 aliphatic rings. The van der Waals surface area contributed by atoms with E-state index in [9.17, 15) is 4.79 Å². The zero-order valence-electron chi connectivity index (χ0n) is 7.26. The Kier molecular flexibility index (Phi) is 4.61. The van der Waals surface area contributed by atoms with Crippen LogP contribution in [0.25, 0.3) is 0 Å². The molecule has 0 saturated carbocycles. The van der Waals surface area contributed by atoms with Crippen molar-refractivity contribution in [3.8, 4) is 0 Å². The van der Waals surface area contributed by atoms with Crippen LogP contribution in [0, 0.1) is 0 Å². The van der Waals surface area contributed by atoms with Gasteiger partial charge in [0.2, 0.25) is 0 Å². The van der Waals surface area contributed by atoms with Crippen molar-refractivity contribution in [2.24, 2.45) is 5.73 Å². The topological polar surface area (TPSA) is 64.3 Å². The quantitative estimate of drug-likeness (QED) is 0.630. The first-order valence-electron chi connectivity index (χ1n) is 3.73. The predicted octanol–water partition coefficient (Wildman–Crippen LogP) is 0.468. The summed E-state index contributed by atoms with van der Waals surface area (Å²) in [6, 6.07) is -0.0266. The van der Waals surface area contributed by atoms with Crippen molar-refractivity contribution < 1.29 is 9.53 Å². The summed E-state index contributed by atoms with van der Waals surface area (Å²) >= 11 is 0. The summed E-state index contributed by atoms with van der Waals surface area (Å²) in [7, 11) is 0. The first-order valence-corrected chi connectivity index (χ1v) is 3.73. The zero-order chi connectivity index (χ0) is 8.85. The number of hydrogen-bond acceptors (Lipinski definition) is 3. The van der Waals surface area contributed by atoms with E-state index in [-0.39, 0.29) is 12.1 Å². The lowest BCUT2D eigenvalue weighted by molar-refractivity contribution is 0.113. The molecule has 4 nitrogen and oxygen atoms in total. The summed E-state index contributed by atoms with van der Waals surface area (Å²) in [6.45, 7) is 5.84. The number of nitrogens with one attached hydrogen (secondary N) is 1. The van der Waals surface area contributed by atoms with Crippen LogP contribution in [-0.4, -0.2) is 24.8 Å². The molecule has 0 aliphatic heterocycles. The van der Waals surface area contributed by atoms with E-state index in [0.717, 1.165) is 0 Å². The van der Waals surface area contributed by atoms with Gasteiger partial charge in [-0.05, 0) is 20.8 Å². The van der Waals surface area contributed by atoms with Gasteiger partial charge < -0.3 is 15.8 Å². The van der Waals surface area contributed by atoms with Crippen LogP contribution < -0.4 is 11.1 Å². The summed E-state index contributed by atoms with van der Waals surface area (Å²) in [5, 5.41) is 2.57. The van der Waals surface area contributed by atoms with Crippen LogP contribution in [0.2, 0.25) is 0 Å². The molecule has 0 rings (SSSR count). The van der Waals surface area contributed by atoms with E-state index in [1.54, 1.807) is 13.8 Å². The van der Waals surface area contributed by atoms with Crippen LogP contribution >= 0.6 is 0 Å². The molecule has 1 amide bonds. The van der Waals surface area contributed by atoms with E-state index < -0.39 is 6.09 Å². The van der Waals surface area contributed by atoms with Gasteiger partial charge in [-0.2, -0.15) is 0 Å². The number of amides is 1. The van der Waals surface area contributed by atoms with Gasteiger partial charge in [0, 0.05) is 12.6 Å². The van der Waals surface area contributed by atoms with Crippen molar-refractivity contribution in [3.63, 3.8) is 0 Å². The van der Waals surface area contributed by atoms with Crippen LogP contribution in [-0.2, 0) is 4.74 Å². The van der Waals surface area contributed by atoms with Crippen molar-refractivity contribution >= 4 is 6.09 Å². The Labute approximate surface area is 67.1 Å². The molecule has 0 radical (unpaired) electrons. The third-order valence-electron chi connectivity index (χ3n) is 1.06. The Morgan fingerprint density at radius 3 is 2.45 bits per heavy atom. The van der Waals surface area contributed by atoms with Gasteiger partial charge in [-0.1, -0.05) is 0 Å². The van der Waals surface area contributed by atoms with Gasteiger partial charge in [-0.15, -0.1) is 0 Å². The minimum absolute atomic E-state index is 0.0266. The third kappa shape index (κ3) is 5.66. The van der Waals surface area contributed by atoms with Gasteiger partial charge in [-0.3, -0.25) is 0 Å². The monoisotopic (exact) mass is 160 g/mol. The van der Waals surface area contributed by atoms with Gasteiger partial charge in [0.15, 0.2) is 0 Å². The lowest BCUT2D eigenvalue weighted by Crippen LogP contribution is -2.38. The lowest BCUT2D eigenvalue weighted by atomic mass is 10.3. The summed E-state index contributed by atoms with van der Waals surface area (Å²) in [6.07, 6.45) is -0.488. The molecule has 0 aromatic carbocycles. The number of hydrogen-bond donors (Lipinski definition) is 2. The van der Waals surface area contributed by atoms with Gasteiger partial charge >= 0.3 is 6.09 Å². The number of rotatable bonds is 3. The van der Waals surface area contributed by atoms with Crippen LogP contribution in [0.3, 0.4) is 0 Å². The highest BCUT2D eigenvalue weighted by molar-refractivity contribution is 5.67. The molecule has 3 N–H and O–H groups in total. The maximum Gasteiger partial charge on any atom is 0.407 e. The highest BCUT2D eigenvalue weighted by atomic mass is 16.6. The molecule has 0 aliphatic carbocycles. The molecule has 0 fully saturated rings. The van der Waals surface area contributed by atoms with E-state index in [1.807, 2.05) is 6.92 Å². The van der Waals surface area contributed by atoms with E-state index >= 15 is 0 Å². The molecule has 0 bridgehead atoms. The molecule has 0 aromatic heterocycles. The van der Waals surface area contributed by atoms with Gasteiger partial charge in [0.05, 0.1) is 6.10 Å². The Morgan fingerprint density at radius 1 is 1.55 bits per heavy atom. The largest absolute Gasteiger partial charge is 0.447 e. The van der Waals surface area contributed by atoms with Gasteiger partial charge in [0.25, 0.3) is 0 Å². The molecular weight excluding hydrogens is 144 g/mol. The van der Waals surface area contributed by atoms with E-state index in [4.69, 9.17) is 10.5 Å². The second-order valence-corrected chi connectivity index (χ2v) is 2.74. The molecule has 11 heavy (non-hydrogen) atoms. The Balaban J connectivity index is 3.52. The van der Waals surface area contributed by atoms with E-state index in [2.05, 4.69) is 5.32 Å². The fourth-order valence-corrected chi connectivity index (χ4v) is 0.508. The normalized spacial score (nSPS) is 12.8. The summed E-state index contributed by atoms with van der Waals surface area (Å²) < 4.78 is 4.82. The molecule has 0 aromatic rings. The second-order valence-electron chi connectivity index (χ2n) is 2.74. The summed E-state index contributed by atoms with van der Waals surface area (Å²) in [4.78, 5) is 10.8. The number of ether oxygens (including phenoxy) is 1. The van der Waals surface area contributed by atoms with Gasteiger partial charge in [0.1, 0.15) is 0 Å². The average Bonchev–Trinajstić information content (AvgIpc) is 1.85. The molecule has 0 unspecified atom stereocenters. The second kappa shape index (κ2) is 4.96. The highest BCUT2D eigenvalue weighted by Crippen LogP contribution is 1.89. The number of alkyl carbamates (subject to hydrolysis) is 1. The van der Waals surface area contributed by atoms with Crippen molar-refractivity contribution in [3.05, 3.63) is 0 Å². The molecule has 0 heterocycles. The molecular formula is C7H16N2O2. The minimum atomic E-state index is -0.405. The fraction of sp³-hybridized carbons (Fsp3) is 0.857. The van der Waals surface area contributed by atoms with Crippen LogP contribution in [0.5, 0.6) is 0 Å². The smallest absolute Gasteiger partial charge is 0.407 e. The van der Waals surface area contributed by atoms with Gasteiger partial charge in [-0.25, -0.2) is 4.79 Å². The van der Waals surface area contributed by atoms with E-state index in [0.29, 0.717) is 6.54 Å². The number of nitrogens with two attached hydrogens (primary N) is 1. The predicted molar refractivity (Wildman–Crippen MR) is 43.3 cm³/mol. The summed E-state index contributed by atoms with van der Waals surface area (Å²) in [5.74, 6) is 0. The van der Waals surface area contributed by atoms with Crippen LogP contribution in [0.4, 0.5) is 4.79 Å². The molecule has 4 heteroatoms. The van der Waals surface area contributed by atoms with Crippen LogP contribution in [0.15, 0.2) is 0 Å². The molecule has 1 atom stereocenters. The SMILES string of the molecule is CC(C)OC(=O)N[C@H](C)CN. The number of carbonyl (C=O) groups is 1. The maximum absolute atomic E-state index is 10.8. The maximum atomic E-state index is 10.8. The highest BCUT2D eigenvalue weighted by Gasteiger charge is 2.07. The summed E-state index contributed by atoms with van der Waals surface area (Å²) in [5.41, 5.74) is 5.28. The lowest BCUT2D eigenvalue weighted by Gasteiger charge is -2.13. The third-order valence-corrected chi connectivity index (χ3v) is 1.06. The van der Waals surface area contributed by atoms with Crippen molar-refractivity contribution in [2.45, 2.75) is 32.9 Å². The van der Waals surface area contributed by atoms with Crippen molar-refractivity contribution in [2.75, 3.05) is 6.54 Å². The Morgan fingerprint density at radius 2 is 2.09 bits per heavy atom. The molecule has 0 spiro atoms. The molecule has 66 valence electrons.